The van der Waals surface area contributed by atoms with Crippen molar-refractivity contribution in [1.82, 2.24) is 9.55 Å². The van der Waals surface area contributed by atoms with Gasteiger partial charge in [0.2, 0.25) is 0 Å². The number of aromatic nitrogens is 2. The number of ether oxygens (including phenoxy) is 2. The molecule has 1 atom stereocenters. The molecule has 2 aromatic carbocycles. The van der Waals surface area contributed by atoms with E-state index in [1.807, 2.05) is 12.1 Å². The first-order chi connectivity index (χ1) is 13.0. The molecular formula is C20H20N2O5. The molecule has 0 saturated heterocycles. The van der Waals surface area contributed by atoms with Crippen LogP contribution in [0.15, 0.2) is 53.3 Å². The number of hydrogen-bond donors (Lipinski definition) is 1. The summed E-state index contributed by atoms with van der Waals surface area (Å²) >= 11 is 0. The minimum absolute atomic E-state index is 0.117. The van der Waals surface area contributed by atoms with E-state index in [1.165, 1.54) is 11.7 Å². The first-order valence-corrected chi connectivity index (χ1v) is 8.41. The largest absolute Gasteiger partial charge is 0.486 e. The van der Waals surface area contributed by atoms with E-state index in [-0.39, 0.29) is 18.6 Å². The number of benzene rings is 2. The van der Waals surface area contributed by atoms with Crippen LogP contribution >= 0.6 is 0 Å². The smallest absolute Gasteiger partial charge is 0.333 e. The normalized spacial score (nSPS) is 12.1. The topological polar surface area (TPSA) is 90.7 Å². The van der Waals surface area contributed by atoms with Gasteiger partial charge in [0.1, 0.15) is 18.2 Å². The molecule has 0 spiro atoms. The molecule has 140 valence electrons. The number of carbonyl (C=O) groups is 1. The molecule has 1 aromatic heterocycles. The van der Waals surface area contributed by atoms with Crippen LogP contribution in [0.25, 0.3) is 10.9 Å². The molecule has 0 radical (unpaired) electrons. The van der Waals surface area contributed by atoms with Crippen LogP contribution in [0.3, 0.4) is 0 Å². The van der Waals surface area contributed by atoms with Crippen LogP contribution in [0.5, 0.6) is 5.75 Å². The number of carboxylic acid groups (broad SMARTS) is 1. The average Bonchev–Trinajstić information content (AvgIpc) is 2.68. The maximum atomic E-state index is 12.4. The highest BCUT2D eigenvalue weighted by atomic mass is 16.5. The lowest BCUT2D eigenvalue weighted by Gasteiger charge is -2.12. The molecule has 0 fully saturated rings. The predicted octanol–water partition coefficient (Wildman–Crippen LogP) is 2.15. The number of carboxylic acids is 1. The zero-order valence-corrected chi connectivity index (χ0v) is 15.1. The number of para-hydroxylation sites is 1. The molecule has 3 rings (SSSR count). The van der Waals surface area contributed by atoms with Crippen LogP contribution in [-0.2, 0) is 29.6 Å². The van der Waals surface area contributed by atoms with Crippen molar-refractivity contribution in [3.05, 3.63) is 70.3 Å². The highest BCUT2D eigenvalue weighted by Crippen LogP contribution is 2.16. The molecule has 0 amide bonds. The van der Waals surface area contributed by atoms with Crippen LogP contribution in [0.2, 0.25) is 0 Å². The molecule has 3 aromatic rings. The third kappa shape index (κ3) is 4.15. The Kier molecular flexibility index (Phi) is 5.52. The standard InChI is InChI=1S/C20H20N2O5/c1-22-18(21-16-6-4-3-5-15(16)19(22)23)12-27-14-9-7-13(8-10-14)11-17(26-2)20(24)25/h3-10,17H,11-12H2,1-2H3,(H,24,25). The summed E-state index contributed by atoms with van der Waals surface area (Å²) in [5.74, 6) is 0.125. The zero-order valence-electron chi connectivity index (χ0n) is 15.1. The average molecular weight is 368 g/mol. The Morgan fingerprint density at radius 1 is 1.19 bits per heavy atom. The second-order valence-corrected chi connectivity index (χ2v) is 6.11. The fraction of sp³-hybridized carbons (Fsp3) is 0.250. The van der Waals surface area contributed by atoms with Gasteiger partial charge in [-0.15, -0.1) is 0 Å². The van der Waals surface area contributed by atoms with Gasteiger partial charge in [-0.2, -0.15) is 0 Å². The van der Waals surface area contributed by atoms with Crippen molar-refractivity contribution >= 4 is 16.9 Å². The van der Waals surface area contributed by atoms with Crippen LogP contribution in [-0.4, -0.2) is 33.8 Å². The molecule has 0 saturated carbocycles. The third-order valence-corrected chi connectivity index (χ3v) is 4.35. The quantitative estimate of drug-likeness (QED) is 0.687. The van der Waals surface area contributed by atoms with Gasteiger partial charge in [-0.1, -0.05) is 24.3 Å². The van der Waals surface area contributed by atoms with Crippen molar-refractivity contribution in [3.63, 3.8) is 0 Å². The maximum Gasteiger partial charge on any atom is 0.333 e. The number of hydrogen-bond acceptors (Lipinski definition) is 5. The minimum Gasteiger partial charge on any atom is -0.486 e. The van der Waals surface area contributed by atoms with Crippen LogP contribution in [0.4, 0.5) is 0 Å². The molecule has 0 aliphatic heterocycles. The fourth-order valence-corrected chi connectivity index (χ4v) is 2.75. The van der Waals surface area contributed by atoms with E-state index in [1.54, 1.807) is 43.4 Å². The summed E-state index contributed by atoms with van der Waals surface area (Å²) in [4.78, 5) is 27.9. The molecule has 7 nitrogen and oxygen atoms in total. The molecule has 0 bridgehead atoms. The van der Waals surface area contributed by atoms with Crippen molar-refractivity contribution in [1.29, 1.82) is 0 Å². The molecule has 27 heavy (non-hydrogen) atoms. The number of methoxy groups -OCH3 is 1. The van der Waals surface area contributed by atoms with E-state index >= 15 is 0 Å². The van der Waals surface area contributed by atoms with E-state index in [0.717, 1.165) is 5.56 Å². The summed E-state index contributed by atoms with van der Waals surface area (Å²) in [5.41, 5.74) is 1.34. The van der Waals surface area contributed by atoms with Gasteiger partial charge >= 0.3 is 5.97 Å². The van der Waals surface area contributed by atoms with Crippen molar-refractivity contribution in [2.45, 2.75) is 19.1 Å². The van der Waals surface area contributed by atoms with Gasteiger partial charge in [-0.25, -0.2) is 9.78 Å². The van der Waals surface area contributed by atoms with Gasteiger partial charge in [0, 0.05) is 20.6 Å². The van der Waals surface area contributed by atoms with E-state index in [9.17, 15) is 9.59 Å². The lowest BCUT2D eigenvalue weighted by Crippen LogP contribution is -2.24. The highest BCUT2D eigenvalue weighted by molar-refractivity contribution is 5.77. The van der Waals surface area contributed by atoms with Gasteiger partial charge in [0.15, 0.2) is 6.10 Å². The van der Waals surface area contributed by atoms with Gasteiger partial charge in [0.05, 0.1) is 10.9 Å². The van der Waals surface area contributed by atoms with Gasteiger partial charge in [-0.05, 0) is 29.8 Å². The lowest BCUT2D eigenvalue weighted by atomic mass is 10.1. The molecular weight excluding hydrogens is 348 g/mol. The third-order valence-electron chi connectivity index (χ3n) is 4.35. The molecule has 1 N–H and O–H groups in total. The monoisotopic (exact) mass is 368 g/mol. The summed E-state index contributed by atoms with van der Waals surface area (Å²) in [6, 6.07) is 14.3. The molecule has 1 unspecified atom stereocenters. The second-order valence-electron chi connectivity index (χ2n) is 6.11. The number of fused-ring (bicyclic) bond motifs is 1. The Hall–Kier alpha value is -3.19. The Bertz CT molecular complexity index is 1010. The molecule has 0 aliphatic carbocycles. The SMILES string of the molecule is COC(Cc1ccc(OCc2nc3ccccc3c(=O)n2C)cc1)C(=O)O. The maximum absolute atomic E-state index is 12.4. The predicted molar refractivity (Wildman–Crippen MR) is 99.9 cm³/mol. The van der Waals surface area contributed by atoms with Crippen molar-refractivity contribution in [2.24, 2.45) is 7.05 Å². The van der Waals surface area contributed by atoms with Crippen LogP contribution in [0.1, 0.15) is 11.4 Å². The highest BCUT2D eigenvalue weighted by Gasteiger charge is 2.16. The lowest BCUT2D eigenvalue weighted by molar-refractivity contribution is -0.148. The molecule has 0 aliphatic rings. The first-order valence-electron chi connectivity index (χ1n) is 8.41. The van der Waals surface area contributed by atoms with Gasteiger partial charge < -0.3 is 14.6 Å². The Balaban J connectivity index is 1.72. The van der Waals surface area contributed by atoms with Crippen molar-refractivity contribution in [3.8, 4) is 5.75 Å². The summed E-state index contributed by atoms with van der Waals surface area (Å²) in [6.45, 7) is 0.145. The van der Waals surface area contributed by atoms with E-state index < -0.39 is 12.1 Å². The molecule has 7 heteroatoms. The molecule has 1 heterocycles. The van der Waals surface area contributed by atoms with E-state index in [0.29, 0.717) is 22.5 Å². The number of rotatable bonds is 7. The van der Waals surface area contributed by atoms with E-state index in [2.05, 4.69) is 4.98 Å². The Morgan fingerprint density at radius 3 is 2.56 bits per heavy atom. The fourth-order valence-electron chi connectivity index (χ4n) is 2.75. The van der Waals surface area contributed by atoms with Crippen LogP contribution in [0, 0.1) is 0 Å². The Morgan fingerprint density at radius 2 is 1.89 bits per heavy atom. The summed E-state index contributed by atoms with van der Waals surface area (Å²) in [5, 5.41) is 9.61. The number of aliphatic carboxylic acids is 1. The number of nitrogens with zero attached hydrogens (tertiary/aromatic N) is 2. The van der Waals surface area contributed by atoms with Crippen LogP contribution < -0.4 is 10.3 Å². The Labute approximate surface area is 155 Å². The summed E-state index contributed by atoms with van der Waals surface area (Å²) < 4.78 is 12.2. The summed E-state index contributed by atoms with van der Waals surface area (Å²) in [6.07, 6.45) is -0.611. The van der Waals surface area contributed by atoms with Crippen molar-refractivity contribution < 1.29 is 19.4 Å². The minimum atomic E-state index is -0.999. The van der Waals surface area contributed by atoms with E-state index in [4.69, 9.17) is 14.6 Å². The first kappa shape index (κ1) is 18.6. The zero-order chi connectivity index (χ0) is 19.4. The summed E-state index contributed by atoms with van der Waals surface area (Å²) in [7, 11) is 3.04. The second kappa shape index (κ2) is 8.01. The van der Waals surface area contributed by atoms with Gasteiger partial charge in [-0.3, -0.25) is 9.36 Å². The van der Waals surface area contributed by atoms with Gasteiger partial charge in [0.25, 0.3) is 5.56 Å². The van der Waals surface area contributed by atoms with Crippen molar-refractivity contribution in [2.75, 3.05) is 7.11 Å².